The van der Waals surface area contributed by atoms with Crippen molar-refractivity contribution in [3.63, 3.8) is 0 Å². The molecule has 1 heterocycles. The second-order valence-corrected chi connectivity index (χ2v) is 8.55. The molecule has 34 heavy (non-hydrogen) atoms. The number of allylic oxidation sites excluding steroid dienone is 2. The Labute approximate surface area is 210 Å². The minimum atomic E-state index is -0.274. The van der Waals surface area contributed by atoms with E-state index in [0.29, 0.717) is 31.8 Å². The van der Waals surface area contributed by atoms with Gasteiger partial charge < -0.3 is 19.9 Å². The Morgan fingerprint density at radius 3 is 2.38 bits per heavy atom. The van der Waals surface area contributed by atoms with Crippen LogP contribution in [0.4, 0.5) is 11.4 Å². The molecule has 1 aromatic rings. The van der Waals surface area contributed by atoms with Gasteiger partial charge in [0.2, 0.25) is 5.91 Å². The van der Waals surface area contributed by atoms with Crippen LogP contribution in [0.1, 0.15) is 40.0 Å². The Hall–Kier alpha value is -2.94. The molecule has 1 fully saturated rings. The topological polar surface area (TPSA) is 86.6 Å². The van der Waals surface area contributed by atoms with E-state index in [1.165, 1.54) is 7.11 Å². The Balaban J connectivity index is 1.95. The molecule has 1 aliphatic rings. The smallest absolute Gasteiger partial charge is 0.305 e. The van der Waals surface area contributed by atoms with Gasteiger partial charge in [-0.15, -0.1) is 0 Å². The third-order valence-corrected chi connectivity index (χ3v) is 5.98. The summed E-state index contributed by atoms with van der Waals surface area (Å²) in [6.45, 7) is 8.62. The lowest BCUT2D eigenvalue weighted by molar-refractivity contribution is -0.140. The molecule has 9 heteroatoms. The minimum absolute atomic E-state index is 0.0946. The molecule has 1 amide bonds. The lowest BCUT2D eigenvalue weighted by Gasteiger charge is -2.36. The van der Waals surface area contributed by atoms with Gasteiger partial charge in [-0.1, -0.05) is 12.2 Å². The van der Waals surface area contributed by atoms with Crippen molar-refractivity contribution >= 4 is 50.7 Å². The number of rotatable bonds is 9. The van der Waals surface area contributed by atoms with E-state index in [9.17, 15) is 9.59 Å². The number of carbonyl (C=O) groups excluding carboxylic acids is 2. The predicted octanol–water partition coefficient (Wildman–Crippen LogP) is 4.74. The lowest BCUT2D eigenvalue weighted by atomic mass is 10.2. The second-order valence-electron chi connectivity index (χ2n) is 7.74. The number of piperazine rings is 1. The van der Waals surface area contributed by atoms with Crippen LogP contribution in [0.5, 0.6) is 0 Å². The fraction of sp³-hybridized carbons (Fsp3) is 0.440. The molecule has 1 N–H and O–H groups in total. The average Bonchev–Trinajstić information content (AvgIpc) is 2.87. The van der Waals surface area contributed by atoms with Crippen LogP contribution < -0.4 is 10.2 Å². The normalized spacial score (nSPS) is 15.6. The standard InChI is InChI=1S/C25H34BrN5O3/c1-5-14-27-19(3)25(29-22(26)6-2)28-20-10-12-21(13-11-20)30-15-17-31(18-16-30)23(32)8-7-9-24(33)34-4/h5-6,10-14H,7-9,15-18H2,1-4H3,(H,28,29)/b14-5-,22-6-,27-19-. The summed E-state index contributed by atoms with van der Waals surface area (Å²) in [6, 6.07) is 8.16. The number of anilines is 2. The zero-order chi connectivity index (χ0) is 24.9. The quantitative estimate of drug-likeness (QED) is 0.215. The first-order chi connectivity index (χ1) is 16.4. The van der Waals surface area contributed by atoms with E-state index in [0.717, 1.165) is 34.8 Å². The average molecular weight is 532 g/mol. The number of nitrogens with one attached hydrogen (secondary N) is 1. The van der Waals surface area contributed by atoms with Crippen LogP contribution in [0.3, 0.4) is 0 Å². The molecular formula is C25H34BrN5O3. The molecule has 0 radical (unpaired) electrons. The van der Waals surface area contributed by atoms with Gasteiger partial charge >= 0.3 is 5.97 Å². The molecule has 0 spiro atoms. The SMILES string of the molecule is C\C=C/N=C(C)\C(=N/C(Br)=C\C)Nc1ccc(N2CCN(C(=O)CCCC(=O)OC)CC2)cc1. The number of hydrogen-bond acceptors (Lipinski definition) is 6. The monoisotopic (exact) mass is 531 g/mol. The van der Waals surface area contributed by atoms with Gasteiger partial charge in [-0.05, 0) is 67.4 Å². The van der Waals surface area contributed by atoms with Crippen molar-refractivity contribution in [1.29, 1.82) is 0 Å². The fourth-order valence-electron chi connectivity index (χ4n) is 3.37. The lowest BCUT2D eigenvalue weighted by Crippen LogP contribution is -2.48. The molecule has 0 bridgehead atoms. The van der Waals surface area contributed by atoms with E-state index in [4.69, 9.17) is 0 Å². The largest absolute Gasteiger partial charge is 0.469 e. The highest BCUT2D eigenvalue weighted by Crippen LogP contribution is 2.20. The molecule has 1 aromatic carbocycles. The van der Waals surface area contributed by atoms with Gasteiger partial charge in [0.1, 0.15) is 4.61 Å². The summed E-state index contributed by atoms with van der Waals surface area (Å²) in [5.74, 6) is 0.482. The summed E-state index contributed by atoms with van der Waals surface area (Å²) in [4.78, 5) is 36.7. The van der Waals surface area contributed by atoms with Crippen molar-refractivity contribution in [2.24, 2.45) is 9.98 Å². The first-order valence-corrected chi connectivity index (χ1v) is 12.2. The number of nitrogens with zero attached hydrogens (tertiary/aromatic N) is 4. The molecule has 0 aliphatic carbocycles. The van der Waals surface area contributed by atoms with Crippen LogP contribution in [-0.4, -0.2) is 61.6 Å². The number of aliphatic imine (C=N–C) groups is 2. The number of amidine groups is 1. The third kappa shape index (κ3) is 8.78. The molecule has 0 atom stereocenters. The van der Waals surface area contributed by atoms with Crippen LogP contribution in [-0.2, 0) is 14.3 Å². The number of amides is 1. The number of methoxy groups -OCH3 is 1. The number of hydrogen-bond donors (Lipinski definition) is 1. The highest BCUT2D eigenvalue weighted by atomic mass is 79.9. The van der Waals surface area contributed by atoms with E-state index in [-0.39, 0.29) is 18.3 Å². The number of halogens is 1. The molecule has 0 saturated carbocycles. The summed E-state index contributed by atoms with van der Waals surface area (Å²) in [7, 11) is 1.36. The summed E-state index contributed by atoms with van der Waals surface area (Å²) in [5, 5.41) is 3.35. The van der Waals surface area contributed by atoms with E-state index in [2.05, 4.69) is 53.0 Å². The van der Waals surface area contributed by atoms with Crippen molar-refractivity contribution in [3.05, 3.63) is 47.2 Å². The molecule has 0 aromatic heterocycles. The maximum atomic E-state index is 12.4. The van der Waals surface area contributed by atoms with Crippen LogP contribution in [0, 0.1) is 0 Å². The van der Waals surface area contributed by atoms with Gasteiger partial charge in [0, 0.05) is 56.6 Å². The second kappa shape index (κ2) is 14.3. The van der Waals surface area contributed by atoms with Gasteiger partial charge in [0.15, 0.2) is 5.84 Å². The van der Waals surface area contributed by atoms with Crippen molar-refractivity contribution in [2.45, 2.75) is 40.0 Å². The maximum Gasteiger partial charge on any atom is 0.305 e. The zero-order valence-electron chi connectivity index (χ0n) is 20.4. The molecular weight excluding hydrogens is 498 g/mol. The molecule has 184 valence electrons. The van der Waals surface area contributed by atoms with Crippen molar-refractivity contribution in [1.82, 2.24) is 4.90 Å². The van der Waals surface area contributed by atoms with E-state index in [1.807, 2.05) is 50.0 Å². The molecule has 2 rings (SSSR count). The first-order valence-electron chi connectivity index (χ1n) is 11.4. The predicted molar refractivity (Wildman–Crippen MR) is 143 cm³/mol. The maximum absolute atomic E-state index is 12.4. The molecule has 0 unspecified atom stereocenters. The fourth-order valence-corrected chi connectivity index (χ4v) is 3.55. The Kier molecular flexibility index (Phi) is 11.5. The highest BCUT2D eigenvalue weighted by Gasteiger charge is 2.21. The number of ether oxygens (including phenoxy) is 1. The van der Waals surface area contributed by atoms with Crippen molar-refractivity contribution in [2.75, 3.05) is 43.5 Å². The van der Waals surface area contributed by atoms with Gasteiger partial charge in [0.05, 0.1) is 12.8 Å². The number of benzene rings is 1. The van der Waals surface area contributed by atoms with E-state index in [1.54, 1.807) is 6.20 Å². The van der Waals surface area contributed by atoms with Crippen LogP contribution in [0.15, 0.2) is 57.2 Å². The number of carbonyl (C=O) groups is 2. The van der Waals surface area contributed by atoms with Crippen LogP contribution in [0.2, 0.25) is 0 Å². The van der Waals surface area contributed by atoms with Crippen LogP contribution >= 0.6 is 15.9 Å². The van der Waals surface area contributed by atoms with Gasteiger partial charge in [-0.25, -0.2) is 4.99 Å². The molecule has 1 saturated heterocycles. The highest BCUT2D eigenvalue weighted by molar-refractivity contribution is 9.11. The Morgan fingerprint density at radius 2 is 1.79 bits per heavy atom. The Morgan fingerprint density at radius 1 is 1.12 bits per heavy atom. The third-order valence-electron chi connectivity index (χ3n) is 5.34. The number of esters is 1. The van der Waals surface area contributed by atoms with Gasteiger partial charge in [-0.3, -0.25) is 14.6 Å². The van der Waals surface area contributed by atoms with Crippen LogP contribution in [0.25, 0.3) is 0 Å². The minimum Gasteiger partial charge on any atom is -0.469 e. The first kappa shape index (κ1) is 27.3. The van der Waals surface area contributed by atoms with E-state index < -0.39 is 0 Å². The summed E-state index contributed by atoms with van der Waals surface area (Å²) < 4.78 is 5.35. The van der Waals surface area contributed by atoms with E-state index >= 15 is 0 Å². The van der Waals surface area contributed by atoms with Crippen molar-refractivity contribution in [3.8, 4) is 0 Å². The summed E-state index contributed by atoms with van der Waals surface area (Å²) in [5.41, 5.74) is 2.79. The molecule has 8 nitrogen and oxygen atoms in total. The summed E-state index contributed by atoms with van der Waals surface area (Å²) >= 11 is 3.43. The van der Waals surface area contributed by atoms with Gasteiger partial charge in [0.25, 0.3) is 0 Å². The van der Waals surface area contributed by atoms with Crippen molar-refractivity contribution < 1.29 is 14.3 Å². The summed E-state index contributed by atoms with van der Waals surface area (Å²) in [6.07, 6.45) is 6.66. The van der Waals surface area contributed by atoms with Gasteiger partial charge in [-0.2, -0.15) is 0 Å². The zero-order valence-corrected chi connectivity index (χ0v) is 22.0. The Bertz CT molecular complexity index is 946. The molecule has 1 aliphatic heterocycles.